The summed E-state index contributed by atoms with van der Waals surface area (Å²) in [6, 6.07) is 5.60. The minimum atomic E-state index is -0.209. The summed E-state index contributed by atoms with van der Waals surface area (Å²) in [5, 5.41) is 3.19. The Bertz CT molecular complexity index is 497. The summed E-state index contributed by atoms with van der Waals surface area (Å²) < 4.78 is 5.80. The van der Waals surface area contributed by atoms with Crippen LogP contribution in [-0.4, -0.2) is 54.2 Å². The number of fused-ring (bicyclic) bond motifs is 1. The van der Waals surface area contributed by atoms with Crippen molar-refractivity contribution in [2.45, 2.75) is 25.0 Å². The Morgan fingerprint density at radius 3 is 3.30 bits per heavy atom. The van der Waals surface area contributed by atoms with E-state index in [2.05, 4.69) is 15.2 Å². The van der Waals surface area contributed by atoms with Crippen LogP contribution < -0.4 is 5.32 Å². The third kappa shape index (κ3) is 3.11. The molecule has 0 radical (unpaired) electrons. The molecule has 3 rings (SSSR count). The topological polar surface area (TPSA) is 54.5 Å². The van der Waals surface area contributed by atoms with Crippen molar-refractivity contribution >= 4 is 17.5 Å². The van der Waals surface area contributed by atoms with Crippen LogP contribution in [0.2, 0.25) is 5.15 Å². The predicted molar refractivity (Wildman–Crippen MR) is 75.9 cm³/mol. The Balaban J connectivity index is 1.51. The summed E-state index contributed by atoms with van der Waals surface area (Å²) in [4.78, 5) is 18.4. The van der Waals surface area contributed by atoms with Crippen LogP contribution in [-0.2, 0) is 4.74 Å². The highest BCUT2D eigenvalue weighted by atomic mass is 35.5. The van der Waals surface area contributed by atoms with Crippen molar-refractivity contribution in [3.63, 3.8) is 0 Å². The highest BCUT2D eigenvalue weighted by Gasteiger charge is 2.32. The molecule has 5 nitrogen and oxygen atoms in total. The number of nitrogens with zero attached hydrogens (tertiary/aromatic N) is 2. The number of aromatic nitrogens is 1. The molecular formula is C14H18ClN3O2. The van der Waals surface area contributed by atoms with Crippen molar-refractivity contribution in [3.8, 4) is 0 Å². The van der Waals surface area contributed by atoms with Crippen LogP contribution in [0.5, 0.6) is 0 Å². The van der Waals surface area contributed by atoms with Crippen molar-refractivity contribution in [1.29, 1.82) is 0 Å². The lowest BCUT2D eigenvalue weighted by molar-refractivity contribution is -0.0462. The number of pyridine rings is 1. The van der Waals surface area contributed by atoms with Crippen LogP contribution in [0.15, 0.2) is 18.2 Å². The van der Waals surface area contributed by atoms with Gasteiger partial charge in [-0.1, -0.05) is 17.7 Å². The van der Waals surface area contributed by atoms with Crippen LogP contribution in [0.4, 0.5) is 0 Å². The Morgan fingerprint density at radius 2 is 2.45 bits per heavy atom. The van der Waals surface area contributed by atoms with E-state index in [1.807, 2.05) is 0 Å². The molecule has 2 fully saturated rings. The van der Waals surface area contributed by atoms with Gasteiger partial charge in [0.05, 0.1) is 12.7 Å². The van der Waals surface area contributed by atoms with Gasteiger partial charge < -0.3 is 10.1 Å². The zero-order valence-electron chi connectivity index (χ0n) is 11.2. The van der Waals surface area contributed by atoms with E-state index in [9.17, 15) is 4.79 Å². The Kier molecular flexibility index (Phi) is 4.19. The second-order valence-corrected chi connectivity index (χ2v) is 5.69. The fraction of sp³-hybridized carbons (Fsp3) is 0.571. The lowest BCUT2D eigenvalue weighted by Gasteiger charge is -2.35. The molecule has 0 aromatic carbocycles. The molecule has 2 aliphatic rings. The predicted octanol–water partition coefficient (Wildman–Crippen LogP) is 1.33. The van der Waals surface area contributed by atoms with Crippen molar-refractivity contribution in [2.75, 3.05) is 26.2 Å². The third-order valence-corrected chi connectivity index (χ3v) is 4.11. The monoisotopic (exact) mass is 295 g/mol. The Labute approximate surface area is 123 Å². The summed E-state index contributed by atoms with van der Waals surface area (Å²) >= 11 is 5.78. The maximum absolute atomic E-state index is 12.0. The lowest BCUT2D eigenvalue weighted by atomic mass is 10.2. The second-order valence-electron chi connectivity index (χ2n) is 5.30. The second kappa shape index (κ2) is 6.08. The van der Waals surface area contributed by atoms with Gasteiger partial charge in [0.25, 0.3) is 5.91 Å². The number of morpholine rings is 1. The lowest BCUT2D eigenvalue weighted by Crippen LogP contribution is -2.50. The van der Waals surface area contributed by atoms with Crippen molar-refractivity contribution in [1.82, 2.24) is 15.2 Å². The normalized spacial score (nSPS) is 26.2. The van der Waals surface area contributed by atoms with E-state index in [1.165, 1.54) is 12.8 Å². The smallest absolute Gasteiger partial charge is 0.270 e. The summed E-state index contributed by atoms with van der Waals surface area (Å²) in [5.41, 5.74) is 0.340. The van der Waals surface area contributed by atoms with Gasteiger partial charge in [-0.2, -0.15) is 0 Å². The van der Waals surface area contributed by atoms with E-state index < -0.39 is 0 Å². The van der Waals surface area contributed by atoms with E-state index >= 15 is 0 Å². The summed E-state index contributed by atoms with van der Waals surface area (Å²) in [5.74, 6) is -0.209. The first-order valence-corrected chi connectivity index (χ1v) is 7.36. The molecule has 20 heavy (non-hydrogen) atoms. The molecular weight excluding hydrogens is 278 g/mol. The number of hydrogen-bond donors (Lipinski definition) is 1. The van der Waals surface area contributed by atoms with Crippen LogP contribution in [0.25, 0.3) is 0 Å². The SMILES string of the molecule is O=C(NCC1CN2CCCC2CO1)c1cccc(Cl)n1. The molecule has 0 spiro atoms. The number of amides is 1. The third-order valence-electron chi connectivity index (χ3n) is 3.90. The quantitative estimate of drug-likeness (QED) is 0.855. The van der Waals surface area contributed by atoms with Crippen LogP contribution >= 0.6 is 11.6 Å². The van der Waals surface area contributed by atoms with Crippen LogP contribution in [0, 0.1) is 0 Å². The molecule has 0 bridgehead atoms. The van der Waals surface area contributed by atoms with Gasteiger partial charge in [-0.25, -0.2) is 4.98 Å². The number of nitrogens with one attached hydrogen (secondary N) is 1. The molecule has 108 valence electrons. The molecule has 1 amide bonds. The van der Waals surface area contributed by atoms with Crippen molar-refractivity contribution in [3.05, 3.63) is 29.0 Å². The van der Waals surface area contributed by atoms with Crippen molar-refractivity contribution in [2.24, 2.45) is 0 Å². The summed E-state index contributed by atoms with van der Waals surface area (Å²) in [7, 11) is 0. The van der Waals surface area contributed by atoms with Gasteiger partial charge in [-0.15, -0.1) is 0 Å². The van der Waals surface area contributed by atoms with E-state index in [0.717, 1.165) is 19.7 Å². The number of hydrogen-bond acceptors (Lipinski definition) is 4. The number of rotatable bonds is 3. The fourth-order valence-corrected chi connectivity index (χ4v) is 3.00. The highest BCUT2D eigenvalue weighted by Crippen LogP contribution is 2.22. The van der Waals surface area contributed by atoms with E-state index in [4.69, 9.17) is 16.3 Å². The molecule has 6 heteroatoms. The van der Waals surface area contributed by atoms with Gasteiger partial charge in [0.2, 0.25) is 0 Å². The standard InChI is InChI=1S/C14H18ClN3O2/c15-13-5-1-4-12(17-13)14(19)16-7-11-8-18-6-2-3-10(18)9-20-11/h1,4-5,10-11H,2-3,6-9H2,(H,16,19). The summed E-state index contributed by atoms with van der Waals surface area (Å²) in [6.07, 6.45) is 2.54. The average molecular weight is 296 g/mol. The maximum atomic E-state index is 12.0. The minimum Gasteiger partial charge on any atom is -0.373 e. The molecule has 3 heterocycles. The molecule has 1 N–H and O–H groups in total. The number of carbonyl (C=O) groups excluding carboxylic acids is 1. The molecule has 0 aliphatic carbocycles. The van der Waals surface area contributed by atoms with Crippen molar-refractivity contribution < 1.29 is 9.53 Å². The van der Waals surface area contributed by atoms with Gasteiger partial charge in [0.1, 0.15) is 10.8 Å². The number of carbonyl (C=O) groups is 1. The van der Waals surface area contributed by atoms with E-state index in [1.54, 1.807) is 18.2 Å². The molecule has 0 saturated carbocycles. The van der Waals surface area contributed by atoms with Gasteiger partial charge in [-0.3, -0.25) is 9.69 Å². The Morgan fingerprint density at radius 1 is 1.55 bits per heavy atom. The first-order valence-electron chi connectivity index (χ1n) is 6.99. The molecule has 2 saturated heterocycles. The first-order chi connectivity index (χ1) is 9.72. The average Bonchev–Trinajstić information content (AvgIpc) is 2.92. The van der Waals surface area contributed by atoms with Crippen LogP contribution in [0.1, 0.15) is 23.3 Å². The number of halogens is 1. The van der Waals surface area contributed by atoms with E-state index in [-0.39, 0.29) is 12.0 Å². The minimum absolute atomic E-state index is 0.0625. The number of ether oxygens (including phenoxy) is 1. The molecule has 2 aliphatic heterocycles. The largest absolute Gasteiger partial charge is 0.373 e. The fourth-order valence-electron chi connectivity index (χ4n) is 2.84. The molecule has 2 unspecified atom stereocenters. The zero-order chi connectivity index (χ0) is 13.9. The van der Waals surface area contributed by atoms with Gasteiger partial charge in [0.15, 0.2) is 0 Å². The molecule has 1 aromatic heterocycles. The summed E-state index contributed by atoms with van der Waals surface area (Å²) in [6.45, 7) is 3.33. The van der Waals surface area contributed by atoms with Crippen LogP contribution in [0.3, 0.4) is 0 Å². The maximum Gasteiger partial charge on any atom is 0.270 e. The Hall–Kier alpha value is -1.17. The highest BCUT2D eigenvalue weighted by molar-refractivity contribution is 6.29. The molecule has 2 atom stereocenters. The van der Waals surface area contributed by atoms with Gasteiger partial charge >= 0.3 is 0 Å². The van der Waals surface area contributed by atoms with E-state index in [0.29, 0.717) is 23.4 Å². The zero-order valence-corrected chi connectivity index (χ0v) is 12.0. The first kappa shape index (κ1) is 13.8. The molecule has 1 aromatic rings. The van der Waals surface area contributed by atoms with Gasteiger partial charge in [0, 0.05) is 19.1 Å². The van der Waals surface area contributed by atoms with Gasteiger partial charge in [-0.05, 0) is 31.5 Å².